The molecule has 0 radical (unpaired) electrons. The largest absolute Gasteiger partial charge is 0.461 e. The molecule has 13 nitrogen and oxygen atoms in total. The van der Waals surface area contributed by atoms with Gasteiger partial charge in [0.2, 0.25) is 0 Å². The maximum atomic E-state index is 13.3. The Bertz CT molecular complexity index is 1670. The highest BCUT2D eigenvalue weighted by molar-refractivity contribution is 5.95. The Kier molecular flexibility index (Phi) is 14.8. The lowest BCUT2D eigenvalue weighted by molar-refractivity contribution is -0.143. The summed E-state index contributed by atoms with van der Waals surface area (Å²) in [5.41, 5.74) is 1.10. The van der Waals surface area contributed by atoms with Crippen molar-refractivity contribution in [3.8, 4) is 24.3 Å². The van der Waals surface area contributed by atoms with Gasteiger partial charge in [-0.3, -0.25) is 0 Å². The van der Waals surface area contributed by atoms with Crippen molar-refractivity contribution < 1.29 is 34.0 Å². The monoisotopic (exact) mass is 714 g/mol. The van der Waals surface area contributed by atoms with Gasteiger partial charge in [-0.05, 0) is 54.6 Å². The predicted octanol–water partition coefficient (Wildman–Crippen LogP) is 4.45. The number of likely N-dealkylation sites (tertiary alicyclic amines) is 2. The molecule has 3 atom stereocenters. The van der Waals surface area contributed by atoms with Crippen molar-refractivity contribution in [1.29, 1.82) is 21.0 Å². The second kappa shape index (κ2) is 18.5. The van der Waals surface area contributed by atoms with Gasteiger partial charge >= 0.3 is 11.9 Å². The van der Waals surface area contributed by atoms with Crippen LogP contribution in [0.15, 0.2) is 58.0 Å². The summed E-state index contributed by atoms with van der Waals surface area (Å²) in [5, 5.41) is 61.0. The first-order valence-corrected chi connectivity index (χ1v) is 17.5. The number of rotatable bonds is 14. The number of aliphatic hydroxyl groups excluding tert-OH is 2. The van der Waals surface area contributed by atoms with E-state index in [1.165, 1.54) is 6.08 Å². The molecule has 13 heteroatoms. The van der Waals surface area contributed by atoms with Crippen LogP contribution >= 0.6 is 0 Å². The van der Waals surface area contributed by atoms with Crippen LogP contribution in [0.3, 0.4) is 0 Å². The van der Waals surface area contributed by atoms with E-state index in [0.717, 1.165) is 37.7 Å². The lowest BCUT2D eigenvalue weighted by atomic mass is 9.72. The van der Waals surface area contributed by atoms with Gasteiger partial charge in [-0.2, -0.15) is 21.0 Å². The molecule has 3 rings (SSSR count). The van der Waals surface area contributed by atoms with Crippen LogP contribution in [0.25, 0.3) is 0 Å². The van der Waals surface area contributed by atoms with Crippen molar-refractivity contribution >= 4 is 11.9 Å². The van der Waals surface area contributed by atoms with E-state index in [2.05, 4.69) is 44.4 Å². The average Bonchev–Trinajstić information content (AvgIpc) is 3.80. The molecular formula is C39H50N6O7. The molecule has 3 unspecified atom stereocenters. The zero-order valence-corrected chi connectivity index (χ0v) is 30.9. The molecule has 2 aliphatic heterocycles. The molecule has 1 aliphatic carbocycles. The van der Waals surface area contributed by atoms with Gasteiger partial charge in [-0.15, -0.1) is 0 Å². The fourth-order valence-corrected chi connectivity index (χ4v) is 6.58. The van der Waals surface area contributed by atoms with Crippen LogP contribution in [-0.4, -0.2) is 90.3 Å². The zero-order valence-electron chi connectivity index (χ0n) is 30.9. The highest BCUT2D eigenvalue weighted by atomic mass is 16.6. The standard InChI is InChI=1S/C39H50N6O7/c1-7-35(47)52-29-10-13-45(22-29)34-17-39(5,6)15-30(31(34)20-42)32(21-43)37(49)51-25-26(23-46)24-50-36(48)28(19-41)14-27(18-40)33(16-38(2,3)4)44-11-8-9-12-44/h7,14,26,29,36,46,48H,1,8-13,15-17,22-25H2,2-6H3/b28-14+,32-30+,33-27-. The van der Waals surface area contributed by atoms with Crippen molar-refractivity contribution in [2.45, 2.75) is 85.5 Å². The van der Waals surface area contributed by atoms with Gasteiger partial charge in [0.15, 0.2) is 6.29 Å². The Hall–Kier alpha value is -4.92. The van der Waals surface area contributed by atoms with Crippen LogP contribution in [-0.2, 0) is 23.8 Å². The number of esters is 2. The number of hydrogen-bond acceptors (Lipinski definition) is 13. The van der Waals surface area contributed by atoms with Crippen LogP contribution in [0.4, 0.5) is 0 Å². The van der Waals surface area contributed by atoms with Crippen LogP contribution in [0, 0.1) is 62.1 Å². The van der Waals surface area contributed by atoms with Crippen molar-refractivity contribution in [2.24, 2.45) is 16.7 Å². The first-order valence-electron chi connectivity index (χ1n) is 17.5. The summed E-state index contributed by atoms with van der Waals surface area (Å²) in [6.07, 6.45) is 4.22. The maximum absolute atomic E-state index is 13.3. The van der Waals surface area contributed by atoms with E-state index in [0.29, 0.717) is 38.0 Å². The topological polar surface area (TPSA) is 204 Å². The van der Waals surface area contributed by atoms with Gasteiger partial charge in [0, 0.05) is 49.4 Å². The first kappa shape index (κ1) is 41.5. The summed E-state index contributed by atoms with van der Waals surface area (Å²) in [6, 6.07) is 8.20. The van der Waals surface area contributed by atoms with Crippen LogP contribution in [0.5, 0.6) is 0 Å². The highest BCUT2D eigenvalue weighted by Gasteiger charge is 2.39. The van der Waals surface area contributed by atoms with E-state index >= 15 is 0 Å². The van der Waals surface area contributed by atoms with Crippen LogP contribution in [0.1, 0.15) is 73.1 Å². The zero-order chi connectivity index (χ0) is 38.6. The van der Waals surface area contributed by atoms with Crippen molar-refractivity contribution in [3.05, 3.63) is 58.0 Å². The molecule has 0 aromatic rings. The van der Waals surface area contributed by atoms with Crippen molar-refractivity contribution in [3.63, 3.8) is 0 Å². The van der Waals surface area contributed by atoms with Gasteiger partial charge < -0.3 is 34.2 Å². The smallest absolute Gasteiger partial charge is 0.349 e. The molecular weight excluding hydrogens is 664 g/mol. The molecule has 2 fully saturated rings. The van der Waals surface area contributed by atoms with Crippen molar-refractivity contribution in [2.75, 3.05) is 46.0 Å². The molecule has 2 N–H and O–H groups in total. The summed E-state index contributed by atoms with van der Waals surface area (Å²) in [7, 11) is 0. The second-order valence-electron chi connectivity index (χ2n) is 15.4. The van der Waals surface area contributed by atoms with E-state index in [-0.39, 0.29) is 52.9 Å². The van der Waals surface area contributed by atoms with Crippen LogP contribution < -0.4 is 0 Å². The molecule has 3 aliphatic rings. The average molecular weight is 715 g/mol. The predicted molar refractivity (Wildman–Crippen MR) is 189 cm³/mol. The van der Waals surface area contributed by atoms with Gasteiger partial charge in [0.05, 0.1) is 43.1 Å². The van der Waals surface area contributed by atoms with E-state index < -0.39 is 42.3 Å². The normalized spacial score (nSPS) is 21.5. The first-order chi connectivity index (χ1) is 24.6. The molecule has 0 amide bonds. The minimum absolute atomic E-state index is 0.133. The number of allylic oxidation sites excluding steroid dienone is 6. The fourth-order valence-electron chi connectivity index (χ4n) is 6.58. The highest BCUT2D eigenvalue weighted by Crippen LogP contribution is 2.45. The lowest BCUT2D eigenvalue weighted by Gasteiger charge is -2.37. The Morgan fingerprint density at radius 1 is 1.06 bits per heavy atom. The van der Waals surface area contributed by atoms with Gasteiger partial charge in [0.25, 0.3) is 0 Å². The second-order valence-corrected chi connectivity index (χ2v) is 15.4. The molecule has 0 aromatic heterocycles. The third-order valence-corrected chi connectivity index (χ3v) is 9.11. The Morgan fingerprint density at radius 3 is 2.31 bits per heavy atom. The summed E-state index contributed by atoms with van der Waals surface area (Å²) in [4.78, 5) is 29.2. The summed E-state index contributed by atoms with van der Waals surface area (Å²) in [5.74, 6) is -2.35. The summed E-state index contributed by atoms with van der Waals surface area (Å²) < 4.78 is 16.3. The summed E-state index contributed by atoms with van der Waals surface area (Å²) >= 11 is 0. The molecule has 2 saturated heterocycles. The maximum Gasteiger partial charge on any atom is 0.349 e. The molecule has 278 valence electrons. The number of ether oxygens (including phenoxy) is 3. The number of nitrogens with zero attached hydrogens (tertiary/aromatic N) is 6. The Labute approximate surface area is 306 Å². The number of carbonyl (C=O) groups excluding carboxylic acids is 2. The summed E-state index contributed by atoms with van der Waals surface area (Å²) in [6.45, 7) is 14.8. The number of carbonyl (C=O) groups is 2. The fraction of sp³-hybridized carbons (Fsp3) is 0.590. The van der Waals surface area contributed by atoms with Gasteiger partial charge in [-0.1, -0.05) is 41.2 Å². The van der Waals surface area contributed by atoms with Crippen molar-refractivity contribution in [1.82, 2.24) is 9.80 Å². The molecule has 0 saturated carbocycles. The third kappa shape index (κ3) is 11.3. The van der Waals surface area contributed by atoms with E-state index in [9.17, 15) is 40.8 Å². The molecule has 0 aromatic carbocycles. The molecule has 2 heterocycles. The number of aliphatic hydroxyl groups is 2. The third-order valence-electron chi connectivity index (χ3n) is 9.11. The van der Waals surface area contributed by atoms with E-state index in [1.54, 1.807) is 0 Å². The van der Waals surface area contributed by atoms with Crippen LogP contribution in [0.2, 0.25) is 0 Å². The minimum atomic E-state index is -1.72. The lowest BCUT2D eigenvalue weighted by Crippen LogP contribution is -2.32. The molecule has 0 spiro atoms. The molecule has 52 heavy (non-hydrogen) atoms. The van der Waals surface area contributed by atoms with E-state index in [4.69, 9.17) is 14.2 Å². The Balaban J connectivity index is 1.77. The number of nitriles is 4. The van der Waals surface area contributed by atoms with Gasteiger partial charge in [0.1, 0.15) is 36.0 Å². The minimum Gasteiger partial charge on any atom is -0.461 e. The SMILES string of the molecule is C=CC(=O)OC1CCN(C2=C(C#N)/C(=C(\C#N)C(=O)OCC(CO)COC(O)/C(C#N)=C/C(C#N)=C(\CC(C)(C)C)N3CCCC3)CC(C)(C)C2)C1. The number of hydrogen-bond donors (Lipinski definition) is 2. The quantitative estimate of drug-likeness (QED) is 0.0840. The van der Waals surface area contributed by atoms with E-state index in [1.807, 2.05) is 30.9 Å². The Morgan fingerprint density at radius 2 is 1.75 bits per heavy atom. The molecule has 0 bridgehead atoms. The van der Waals surface area contributed by atoms with Gasteiger partial charge in [-0.25, -0.2) is 9.59 Å².